The molecule has 1 fully saturated rings. The molecule has 1 aliphatic heterocycles. The average Bonchev–Trinajstić information content (AvgIpc) is 2.45. The minimum absolute atomic E-state index is 0.165. The molecule has 1 aliphatic rings. The quantitative estimate of drug-likeness (QED) is 0.667. The van der Waals surface area contributed by atoms with Gasteiger partial charge in [0.15, 0.2) is 0 Å². The molecule has 116 valence electrons. The molecule has 21 heavy (non-hydrogen) atoms. The van der Waals surface area contributed by atoms with Crippen molar-refractivity contribution in [1.29, 1.82) is 0 Å². The van der Waals surface area contributed by atoms with Crippen LogP contribution in [0.2, 0.25) is 0 Å². The molecule has 2 unspecified atom stereocenters. The van der Waals surface area contributed by atoms with Gasteiger partial charge in [0.2, 0.25) is 0 Å². The first-order chi connectivity index (χ1) is 10.0. The van der Waals surface area contributed by atoms with Gasteiger partial charge in [0.25, 0.3) is 5.69 Å². The maximum Gasteiger partial charge on any atom is 0.269 e. The van der Waals surface area contributed by atoms with Gasteiger partial charge in [-0.2, -0.15) is 11.8 Å². The highest BCUT2D eigenvalue weighted by molar-refractivity contribution is 8.00. The van der Waals surface area contributed by atoms with Gasteiger partial charge < -0.3 is 5.32 Å². The second-order valence-electron chi connectivity index (χ2n) is 5.42. The smallest absolute Gasteiger partial charge is 0.269 e. The summed E-state index contributed by atoms with van der Waals surface area (Å²) in [5, 5.41) is 14.9. The van der Waals surface area contributed by atoms with Crippen molar-refractivity contribution in [2.75, 3.05) is 24.2 Å². The van der Waals surface area contributed by atoms with Crippen LogP contribution in [0.25, 0.3) is 0 Å². The Morgan fingerprint density at radius 3 is 2.90 bits per heavy atom. The fourth-order valence-corrected chi connectivity index (χ4v) is 3.79. The Morgan fingerprint density at radius 2 is 2.24 bits per heavy atom. The summed E-state index contributed by atoms with van der Waals surface area (Å²) in [5.74, 6) is 1.12. The molecule has 2 rings (SSSR count). The predicted octanol–water partition coefficient (Wildman–Crippen LogP) is 3.35. The van der Waals surface area contributed by atoms with Gasteiger partial charge in [-0.05, 0) is 25.5 Å². The van der Waals surface area contributed by atoms with Crippen LogP contribution in [-0.2, 0) is 6.54 Å². The Hall–Kier alpha value is -1.27. The first kappa shape index (κ1) is 16.1. The van der Waals surface area contributed by atoms with Gasteiger partial charge in [-0.1, -0.05) is 6.92 Å². The van der Waals surface area contributed by atoms with Crippen molar-refractivity contribution in [3.8, 4) is 0 Å². The first-order valence-corrected chi connectivity index (χ1v) is 8.44. The van der Waals surface area contributed by atoms with Crippen LogP contribution in [0.1, 0.15) is 26.3 Å². The van der Waals surface area contributed by atoms with Crippen LogP contribution < -0.4 is 5.32 Å². The van der Waals surface area contributed by atoms with Gasteiger partial charge in [-0.25, -0.2) is 0 Å². The van der Waals surface area contributed by atoms with Crippen molar-refractivity contribution in [3.05, 3.63) is 33.9 Å². The molecule has 1 heterocycles. The van der Waals surface area contributed by atoms with E-state index in [1.54, 1.807) is 12.1 Å². The third-order valence-electron chi connectivity index (χ3n) is 4.05. The minimum atomic E-state index is -0.322. The number of benzene rings is 1. The summed E-state index contributed by atoms with van der Waals surface area (Å²) < 4.78 is 0. The highest BCUT2D eigenvalue weighted by Crippen LogP contribution is 2.29. The molecule has 1 N–H and O–H groups in total. The largest absolute Gasteiger partial charge is 0.385 e. The summed E-state index contributed by atoms with van der Waals surface area (Å²) in [6.07, 6.45) is 0. The number of anilines is 1. The number of non-ortho nitro benzene ring substituents is 1. The van der Waals surface area contributed by atoms with Crippen LogP contribution in [0.4, 0.5) is 11.4 Å². The highest BCUT2D eigenvalue weighted by atomic mass is 32.2. The van der Waals surface area contributed by atoms with Crippen LogP contribution in [0.5, 0.6) is 0 Å². The number of hydrogen-bond donors (Lipinski definition) is 1. The lowest BCUT2D eigenvalue weighted by molar-refractivity contribution is -0.384. The van der Waals surface area contributed by atoms with Gasteiger partial charge in [0.05, 0.1) is 4.92 Å². The molecule has 1 saturated heterocycles. The maximum atomic E-state index is 11.0. The van der Waals surface area contributed by atoms with E-state index >= 15 is 0 Å². The number of nitrogens with zero attached hydrogens (tertiary/aromatic N) is 2. The van der Waals surface area contributed by atoms with Gasteiger partial charge in [-0.15, -0.1) is 0 Å². The molecule has 0 radical (unpaired) electrons. The van der Waals surface area contributed by atoms with Crippen molar-refractivity contribution in [3.63, 3.8) is 0 Å². The van der Waals surface area contributed by atoms with Crippen LogP contribution >= 0.6 is 11.8 Å². The minimum Gasteiger partial charge on any atom is -0.385 e. The number of rotatable bonds is 5. The summed E-state index contributed by atoms with van der Waals surface area (Å²) in [6, 6.07) is 5.58. The Balaban J connectivity index is 2.23. The number of hydrogen-bond acceptors (Lipinski definition) is 5. The third kappa shape index (κ3) is 3.89. The number of nitro groups is 1. The van der Waals surface area contributed by atoms with E-state index < -0.39 is 0 Å². The van der Waals surface area contributed by atoms with Crippen molar-refractivity contribution in [2.24, 2.45) is 0 Å². The molecule has 0 spiro atoms. The summed E-state index contributed by atoms with van der Waals surface area (Å²) in [4.78, 5) is 13.1. The second kappa shape index (κ2) is 7.13. The third-order valence-corrected chi connectivity index (χ3v) is 5.39. The first-order valence-electron chi connectivity index (χ1n) is 7.39. The summed E-state index contributed by atoms with van der Waals surface area (Å²) in [7, 11) is 0. The van der Waals surface area contributed by atoms with Crippen molar-refractivity contribution < 1.29 is 4.92 Å². The van der Waals surface area contributed by atoms with E-state index in [1.165, 1.54) is 0 Å². The molecule has 2 atom stereocenters. The van der Waals surface area contributed by atoms with E-state index in [1.807, 2.05) is 24.8 Å². The molecule has 0 saturated carbocycles. The van der Waals surface area contributed by atoms with E-state index in [2.05, 4.69) is 24.1 Å². The van der Waals surface area contributed by atoms with Crippen LogP contribution in [0, 0.1) is 10.1 Å². The van der Waals surface area contributed by atoms with E-state index in [0.29, 0.717) is 11.3 Å². The normalized spacial score (nSPS) is 23.0. The average molecular weight is 309 g/mol. The van der Waals surface area contributed by atoms with Gasteiger partial charge in [0, 0.05) is 54.5 Å². The zero-order chi connectivity index (χ0) is 15.4. The second-order valence-corrected chi connectivity index (χ2v) is 6.90. The Morgan fingerprint density at radius 1 is 1.48 bits per heavy atom. The summed E-state index contributed by atoms with van der Waals surface area (Å²) >= 11 is 2.00. The fourth-order valence-electron chi connectivity index (χ4n) is 2.62. The predicted molar refractivity (Wildman–Crippen MR) is 89.1 cm³/mol. The van der Waals surface area contributed by atoms with Crippen LogP contribution in [0.15, 0.2) is 18.2 Å². The monoisotopic (exact) mass is 309 g/mol. The zero-order valence-electron chi connectivity index (χ0n) is 12.8. The van der Waals surface area contributed by atoms with E-state index in [9.17, 15) is 10.1 Å². The van der Waals surface area contributed by atoms with Crippen molar-refractivity contribution >= 4 is 23.1 Å². The SMILES string of the molecule is CCNc1ccc([N+](=O)[O-])cc1CN1CCSC(C)C1C. The number of nitro benzene ring substituents is 1. The molecular formula is C15H23N3O2S. The molecule has 5 nitrogen and oxygen atoms in total. The molecule has 0 bridgehead atoms. The standard InChI is InChI=1S/C15H23N3O2S/c1-4-16-15-6-5-14(18(19)20)9-13(15)10-17-7-8-21-12(3)11(17)2/h5-6,9,11-12,16H,4,7-8,10H2,1-3H3. The Kier molecular flexibility index (Phi) is 5.47. The molecular weight excluding hydrogens is 286 g/mol. The Labute approximate surface area is 130 Å². The Bertz CT molecular complexity index is 510. The highest BCUT2D eigenvalue weighted by Gasteiger charge is 2.26. The fraction of sp³-hybridized carbons (Fsp3) is 0.600. The molecule has 1 aromatic rings. The molecule has 0 aromatic heterocycles. The topological polar surface area (TPSA) is 58.4 Å². The molecule has 1 aromatic carbocycles. The summed E-state index contributed by atoms with van der Waals surface area (Å²) in [5.41, 5.74) is 2.18. The van der Waals surface area contributed by atoms with Gasteiger partial charge >= 0.3 is 0 Å². The van der Waals surface area contributed by atoms with Gasteiger partial charge in [-0.3, -0.25) is 15.0 Å². The molecule has 0 aliphatic carbocycles. The van der Waals surface area contributed by atoms with E-state index in [4.69, 9.17) is 0 Å². The van der Waals surface area contributed by atoms with E-state index in [-0.39, 0.29) is 10.6 Å². The van der Waals surface area contributed by atoms with Crippen LogP contribution in [0.3, 0.4) is 0 Å². The number of nitrogens with one attached hydrogen (secondary N) is 1. The lowest BCUT2D eigenvalue weighted by Gasteiger charge is -2.37. The lowest BCUT2D eigenvalue weighted by Crippen LogP contribution is -2.44. The zero-order valence-corrected chi connectivity index (χ0v) is 13.7. The summed E-state index contributed by atoms with van der Waals surface area (Å²) in [6.45, 7) is 9.13. The molecule has 0 amide bonds. The number of thioether (sulfide) groups is 1. The van der Waals surface area contributed by atoms with Crippen LogP contribution in [-0.4, -0.2) is 40.0 Å². The maximum absolute atomic E-state index is 11.0. The van der Waals surface area contributed by atoms with Crippen molar-refractivity contribution in [1.82, 2.24) is 4.90 Å². The lowest BCUT2D eigenvalue weighted by atomic mass is 10.1. The van der Waals surface area contributed by atoms with E-state index in [0.717, 1.165) is 36.6 Å². The van der Waals surface area contributed by atoms with Gasteiger partial charge in [0.1, 0.15) is 0 Å². The molecule has 6 heteroatoms. The van der Waals surface area contributed by atoms with Crippen molar-refractivity contribution in [2.45, 2.75) is 38.6 Å².